The molecule has 2 aromatic rings. The highest BCUT2D eigenvalue weighted by molar-refractivity contribution is 6.03. The predicted molar refractivity (Wildman–Crippen MR) is 106 cm³/mol. The van der Waals surface area contributed by atoms with Crippen molar-refractivity contribution in [2.24, 2.45) is 0 Å². The number of para-hydroxylation sites is 2. The van der Waals surface area contributed by atoms with E-state index in [2.05, 4.69) is 41.4 Å². The summed E-state index contributed by atoms with van der Waals surface area (Å²) in [5.41, 5.74) is 2.90. The van der Waals surface area contributed by atoms with Gasteiger partial charge in [-0.3, -0.25) is 4.79 Å². The molecule has 1 saturated heterocycles. The Morgan fingerprint density at radius 2 is 1.69 bits per heavy atom. The Balaban J connectivity index is 1.52. The van der Waals surface area contributed by atoms with Crippen LogP contribution < -0.4 is 15.1 Å². The normalized spacial score (nSPS) is 19.2. The average molecular weight is 350 g/mol. The highest BCUT2D eigenvalue weighted by Gasteiger charge is 2.51. The molecule has 1 amide bonds. The van der Waals surface area contributed by atoms with Crippen molar-refractivity contribution in [1.29, 1.82) is 0 Å². The number of rotatable bonds is 5. The van der Waals surface area contributed by atoms with Gasteiger partial charge in [-0.25, -0.2) is 0 Å². The Morgan fingerprint density at radius 1 is 1.04 bits per heavy atom. The Bertz CT molecular complexity index is 762. The van der Waals surface area contributed by atoms with Gasteiger partial charge in [-0.2, -0.15) is 0 Å². The third-order valence-corrected chi connectivity index (χ3v) is 5.97. The highest BCUT2D eigenvalue weighted by Crippen LogP contribution is 2.49. The van der Waals surface area contributed by atoms with Crippen LogP contribution in [0.1, 0.15) is 25.3 Å². The minimum atomic E-state index is -0.334. The summed E-state index contributed by atoms with van der Waals surface area (Å²) in [5, 5.41) is 3.25. The van der Waals surface area contributed by atoms with Crippen LogP contribution in [0.15, 0.2) is 54.6 Å². The second kappa shape index (κ2) is 7.12. The number of nitrogens with zero attached hydrogens (tertiary/aromatic N) is 1. The fourth-order valence-electron chi connectivity index (χ4n) is 4.04. The maximum Gasteiger partial charge on any atom is 0.235 e. The molecule has 4 heteroatoms. The molecule has 1 aliphatic carbocycles. The summed E-state index contributed by atoms with van der Waals surface area (Å²) in [6, 6.07) is 18.4. The van der Waals surface area contributed by atoms with E-state index in [0.717, 1.165) is 56.0 Å². The lowest BCUT2D eigenvalue weighted by atomic mass is 9.95. The van der Waals surface area contributed by atoms with Gasteiger partial charge in [0.2, 0.25) is 5.91 Å². The van der Waals surface area contributed by atoms with Gasteiger partial charge in [0.15, 0.2) is 0 Å². The molecule has 0 radical (unpaired) electrons. The van der Waals surface area contributed by atoms with Crippen molar-refractivity contribution in [2.45, 2.75) is 25.2 Å². The monoisotopic (exact) mass is 350 g/mol. The minimum absolute atomic E-state index is 0.133. The van der Waals surface area contributed by atoms with Crippen molar-refractivity contribution in [3.05, 3.63) is 60.2 Å². The van der Waals surface area contributed by atoms with Crippen LogP contribution in [-0.4, -0.2) is 38.6 Å². The first-order valence-corrected chi connectivity index (χ1v) is 9.77. The molecule has 0 atom stereocenters. The largest absolute Gasteiger partial charge is 0.359 e. The van der Waals surface area contributed by atoms with Crippen molar-refractivity contribution in [1.82, 2.24) is 0 Å². The third kappa shape index (κ3) is 3.21. The molecule has 1 heterocycles. The quantitative estimate of drug-likeness (QED) is 0.866. The second-order valence-electron chi connectivity index (χ2n) is 7.51. The molecule has 1 saturated carbocycles. The number of likely N-dealkylation sites (N-methyl/N-ethyl adjacent to an activating group) is 1. The maximum atomic E-state index is 13.1. The van der Waals surface area contributed by atoms with Gasteiger partial charge < -0.3 is 15.1 Å². The Morgan fingerprint density at radius 3 is 2.35 bits per heavy atom. The van der Waals surface area contributed by atoms with Gasteiger partial charge in [0.25, 0.3) is 0 Å². The number of piperazine rings is 1. The molecule has 4 nitrogen and oxygen atoms in total. The fraction of sp³-hybridized carbons (Fsp3) is 0.409. The summed E-state index contributed by atoms with van der Waals surface area (Å²) in [6.07, 6.45) is 1.87. The number of nitrogens with one attached hydrogen (secondary N) is 2. The fourth-order valence-corrected chi connectivity index (χ4v) is 4.04. The van der Waals surface area contributed by atoms with Crippen LogP contribution in [-0.2, 0) is 10.2 Å². The summed E-state index contributed by atoms with van der Waals surface area (Å²) < 4.78 is 0. The molecule has 4 rings (SSSR count). The van der Waals surface area contributed by atoms with E-state index in [0.29, 0.717) is 0 Å². The van der Waals surface area contributed by atoms with Crippen LogP contribution in [0.4, 0.5) is 11.4 Å². The number of quaternary nitrogens is 1. The summed E-state index contributed by atoms with van der Waals surface area (Å²) in [5.74, 6) is 0.133. The summed E-state index contributed by atoms with van der Waals surface area (Å²) in [7, 11) is 0. The Labute approximate surface area is 155 Å². The SMILES string of the molecule is CC[NH+]1CCN(c2ccccc2NC(=O)C2(c3ccccc3)CC2)CC1. The number of carbonyl (C=O) groups is 1. The molecule has 136 valence electrons. The van der Waals surface area contributed by atoms with Crippen LogP contribution in [0.25, 0.3) is 0 Å². The standard InChI is InChI=1S/C22H27N3O/c1-2-24-14-16-25(17-15-24)20-11-7-6-10-19(20)23-21(26)22(12-13-22)18-8-4-3-5-9-18/h3-11H,2,12-17H2,1H3,(H,23,26)/p+1. The van der Waals surface area contributed by atoms with Crippen LogP contribution in [0.3, 0.4) is 0 Å². The van der Waals surface area contributed by atoms with E-state index in [9.17, 15) is 4.79 Å². The first-order chi connectivity index (χ1) is 12.7. The highest BCUT2D eigenvalue weighted by atomic mass is 16.2. The first-order valence-electron chi connectivity index (χ1n) is 9.77. The summed E-state index contributed by atoms with van der Waals surface area (Å²) in [4.78, 5) is 17.2. The molecule has 0 unspecified atom stereocenters. The molecule has 0 bridgehead atoms. The lowest BCUT2D eigenvalue weighted by Gasteiger charge is -2.34. The Hall–Kier alpha value is -2.33. The van der Waals surface area contributed by atoms with Crippen LogP contribution in [0.2, 0.25) is 0 Å². The maximum absolute atomic E-state index is 13.1. The molecule has 2 N–H and O–H groups in total. The number of benzene rings is 2. The molecule has 2 aromatic carbocycles. The van der Waals surface area contributed by atoms with Crippen molar-refractivity contribution < 1.29 is 9.69 Å². The molecular formula is C22H28N3O+. The van der Waals surface area contributed by atoms with Gasteiger partial charge >= 0.3 is 0 Å². The lowest BCUT2D eigenvalue weighted by Crippen LogP contribution is -3.14. The first kappa shape index (κ1) is 17.1. The van der Waals surface area contributed by atoms with E-state index in [1.807, 2.05) is 30.3 Å². The predicted octanol–water partition coefficient (Wildman–Crippen LogP) is 2.08. The smallest absolute Gasteiger partial charge is 0.235 e. The molecule has 2 aliphatic rings. The van der Waals surface area contributed by atoms with E-state index in [1.54, 1.807) is 4.90 Å². The van der Waals surface area contributed by atoms with Crippen molar-refractivity contribution >= 4 is 17.3 Å². The van der Waals surface area contributed by atoms with E-state index in [-0.39, 0.29) is 11.3 Å². The summed E-state index contributed by atoms with van der Waals surface area (Å²) >= 11 is 0. The van der Waals surface area contributed by atoms with Gasteiger partial charge in [-0.05, 0) is 37.5 Å². The number of amides is 1. The van der Waals surface area contributed by atoms with E-state index >= 15 is 0 Å². The minimum Gasteiger partial charge on any atom is -0.359 e. The van der Waals surface area contributed by atoms with Crippen LogP contribution in [0.5, 0.6) is 0 Å². The van der Waals surface area contributed by atoms with Crippen molar-refractivity contribution in [2.75, 3.05) is 42.9 Å². The van der Waals surface area contributed by atoms with E-state index in [1.165, 1.54) is 6.54 Å². The van der Waals surface area contributed by atoms with Gasteiger partial charge in [0.1, 0.15) is 0 Å². The molecule has 0 aromatic heterocycles. The Kier molecular flexibility index (Phi) is 4.68. The number of hydrogen-bond acceptors (Lipinski definition) is 2. The third-order valence-electron chi connectivity index (χ3n) is 5.97. The van der Waals surface area contributed by atoms with Gasteiger partial charge in [-0.15, -0.1) is 0 Å². The molecule has 1 aliphatic heterocycles. The second-order valence-corrected chi connectivity index (χ2v) is 7.51. The topological polar surface area (TPSA) is 36.8 Å². The molecule has 26 heavy (non-hydrogen) atoms. The number of carbonyl (C=O) groups excluding carboxylic acids is 1. The zero-order valence-electron chi connectivity index (χ0n) is 15.5. The van der Waals surface area contributed by atoms with E-state index in [4.69, 9.17) is 0 Å². The van der Waals surface area contributed by atoms with Crippen LogP contribution >= 0.6 is 0 Å². The van der Waals surface area contributed by atoms with Gasteiger partial charge in [-0.1, -0.05) is 42.5 Å². The molecular weight excluding hydrogens is 322 g/mol. The van der Waals surface area contributed by atoms with E-state index < -0.39 is 0 Å². The van der Waals surface area contributed by atoms with Crippen molar-refractivity contribution in [3.63, 3.8) is 0 Å². The zero-order valence-corrected chi connectivity index (χ0v) is 15.5. The van der Waals surface area contributed by atoms with Gasteiger partial charge in [0.05, 0.1) is 49.5 Å². The number of anilines is 2. The lowest BCUT2D eigenvalue weighted by molar-refractivity contribution is -0.898. The average Bonchev–Trinajstić information content (AvgIpc) is 3.51. The number of hydrogen-bond donors (Lipinski definition) is 2. The van der Waals surface area contributed by atoms with Crippen molar-refractivity contribution in [3.8, 4) is 0 Å². The van der Waals surface area contributed by atoms with Gasteiger partial charge in [0, 0.05) is 0 Å². The molecule has 0 spiro atoms. The van der Waals surface area contributed by atoms with Crippen LogP contribution in [0, 0.1) is 0 Å². The molecule has 2 fully saturated rings. The summed E-state index contributed by atoms with van der Waals surface area (Å²) in [6.45, 7) is 7.84. The zero-order chi connectivity index (χ0) is 18.0.